The average molecular weight is 405 g/mol. The van der Waals surface area contributed by atoms with Gasteiger partial charge in [0.05, 0.1) is 13.2 Å². The van der Waals surface area contributed by atoms with Crippen molar-refractivity contribution < 1.29 is 9.47 Å². The number of nitrogens with zero attached hydrogens (tertiary/aromatic N) is 3. The minimum Gasteiger partial charge on any atom is -0.421 e. The number of para-hydroxylation sites is 1. The quantitative estimate of drug-likeness (QED) is 0.347. The highest BCUT2D eigenvalue weighted by Gasteiger charge is 2.27. The van der Waals surface area contributed by atoms with E-state index in [0.717, 1.165) is 32.0 Å². The summed E-state index contributed by atoms with van der Waals surface area (Å²) in [6, 6.07) is 18.7. The summed E-state index contributed by atoms with van der Waals surface area (Å²) in [5.41, 5.74) is 2.24. The second-order valence-electron chi connectivity index (χ2n) is 7.82. The zero-order valence-electron chi connectivity index (χ0n) is 17.2. The predicted molar refractivity (Wildman–Crippen MR) is 119 cm³/mol. The molecule has 1 aliphatic heterocycles. The summed E-state index contributed by atoms with van der Waals surface area (Å²) in [6.45, 7) is 10.9. The van der Waals surface area contributed by atoms with E-state index in [4.69, 9.17) is 16.0 Å². The van der Waals surface area contributed by atoms with E-state index >= 15 is 0 Å². The molecule has 0 bridgehead atoms. The molecule has 1 heterocycles. The Morgan fingerprint density at radius 2 is 1.70 bits per heavy atom. The molecule has 4 rings (SSSR count). The van der Waals surface area contributed by atoms with Gasteiger partial charge in [-0.15, -0.1) is 4.95 Å². The molecule has 0 unspecified atom stereocenters. The number of nitrogens with one attached hydrogen (secondary N) is 1. The minimum atomic E-state index is 0.176. The molecule has 1 aliphatic carbocycles. The van der Waals surface area contributed by atoms with Gasteiger partial charge in [-0.2, -0.15) is 6.57 Å². The van der Waals surface area contributed by atoms with Gasteiger partial charge in [0, 0.05) is 24.8 Å². The van der Waals surface area contributed by atoms with Crippen molar-refractivity contribution >= 4 is 11.7 Å². The zero-order chi connectivity index (χ0) is 20.6. The first-order valence-electron chi connectivity index (χ1n) is 10.7. The van der Waals surface area contributed by atoms with Gasteiger partial charge in [0.2, 0.25) is 0 Å². The van der Waals surface area contributed by atoms with Gasteiger partial charge in [0.1, 0.15) is 10.9 Å². The number of anilines is 1. The summed E-state index contributed by atoms with van der Waals surface area (Å²) in [6.07, 6.45) is 4.99. The van der Waals surface area contributed by atoms with Crippen LogP contribution >= 0.6 is 0 Å². The Morgan fingerprint density at radius 3 is 2.37 bits per heavy atom. The number of hydrogen-bond acceptors (Lipinski definition) is 4. The number of ether oxygens (including phenoxy) is 2. The topological polar surface area (TPSA) is 50.5 Å². The van der Waals surface area contributed by atoms with Crippen molar-refractivity contribution in [3.05, 3.63) is 71.7 Å². The maximum Gasteiger partial charge on any atom is 0.378 e. The molecule has 6 nitrogen and oxygen atoms in total. The molecule has 30 heavy (non-hydrogen) atoms. The Morgan fingerprint density at radius 1 is 1.00 bits per heavy atom. The molecule has 6 heteroatoms. The summed E-state index contributed by atoms with van der Waals surface area (Å²) in [5, 5.41) is 6.85. The van der Waals surface area contributed by atoms with E-state index in [1.165, 1.54) is 31.2 Å². The number of hydrogen-bond donors (Lipinski definition) is 1. The SMILES string of the molecule is [C-]#[N+]N=C(Nc1ccc(C2CCC(N3CCOCC3)CC2)cc1)Oc1ccccc1. The lowest BCUT2D eigenvalue weighted by Crippen LogP contribution is -2.44. The fourth-order valence-corrected chi connectivity index (χ4v) is 4.40. The molecule has 1 saturated heterocycles. The molecule has 0 aromatic heterocycles. The molecule has 2 fully saturated rings. The Balaban J connectivity index is 1.32. The minimum absolute atomic E-state index is 0.176. The molecule has 1 saturated carbocycles. The van der Waals surface area contributed by atoms with Crippen LogP contribution in [-0.4, -0.2) is 43.3 Å². The molecule has 0 atom stereocenters. The Labute approximate surface area is 178 Å². The van der Waals surface area contributed by atoms with E-state index in [-0.39, 0.29) is 6.02 Å². The Kier molecular flexibility index (Phi) is 6.96. The third-order valence-electron chi connectivity index (χ3n) is 5.99. The molecule has 1 N–H and O–H groups in total. The molecule has 2 aromatic rings. The summed E-state index contributed by atoms with van der Waals surface area (Å²) in [7, 11) is 0. The highest BCUT2D eigenvalue weighted by atomic mass is 16.5. The van der Waals surface area contributed by atoms with Gasteiger partial charge >= 0.3 is 6.02 Å². The first kappa shape index (κ1) is 20.4. The largest absolute Gasteiger partial charge is 0.421 e. The molecule has 2 aromatic carbocycles. The molecule has 0 amide bonds. The van der Waals surface area contributed by atoms with Crippen molar-refractivity contribution in [2.75, 3.05) is 31.6 Å². The van der Waals surface area contributed by atoms with Crippen LogP contribution in [0.3, 0.4) is 0 Å². The van der Waals surface area contributed by atoms with E-state index in [2.05, 4.69) is 32.4 Å². The lowest BCUT2D eigenvalue weighted by atomic mass is 9.81. The Bertz CT molecular complexity index is 862. The normalized spacial score (nSPS) is 22.8. The van der Waals surface area contributed by atoms with Gasteiger partial charge in [-0.05, 0) is 61.4 Å². The average Bonchev–Trinajstić information content (AvgIpc) is 2.81. The number of morpholine rings is 1. The molecular formula is C24H28N4O2. The highest BCUT2D eigenvalue weighted by Crippen LogP contribution is 2.35. The predicted octanol–water partition coefficient (Wildman–Crippen LogP) is 4.73. The van der Waals surface area contributed by atoms with Crippen LogP contribution in [0.25, 0.3) is 4.95 Å². The van der Waals surface area contributed by atoms with E-state index < -0.39 is 0 Å². The van der Waals surface area contributed by atoms with Crippen molar-refractivity contribution in [1.29, 1.82) is 0 Å². The standard InChI is InChI=1S/C24H28N4O2/c1-25-27-24(30-23-5-3-2-4-6-23)26-21-11-7-19(8-12-21)20-9-13-22(14-10-20)28-15-17-29-18-16-28/h2-8,11-12,20,22H,9-10,13-18H2,(H,26,27). The first-order chi connectivity index (χ1) is 14.8. The van der Waals surface area contributed by atoms with Gasteiger partial charge in [-0.3, -0.25) is 4.90 Å². The van der Waals surface area contributed by atoms with Crippen molar-refractivity contribution in [2.45, 2.75) is 37.6 Å². The monoisotopic (exact) mass is 404 g/mol. The highest BCUT2D eigenvalue weighted by molar-refractivity contribution is 5.90. The summed E-state index contributed by atoms with van der Waals surface area (Å²) in [4.78, 5) is 5.71. The maximum atomic E-state index is 7.03. The number of benzene rings is 2. The Hall–Kier alpha value is -2.88. The second kappa shape index (κ2) is 10.2. The van der Waals surface area contributed by atoms with Crippen LogP contribution in [0.5, 0.6) is 5.75 Å². The van der Waals surface area contributed by atoms with Crippen LogP contribution < -0.4 is 10.1 Å². The van der Waals surface area contributed by atoms with E-state index in [9.17, 15) is 0 Å². The van der Waals surface area contributed by atoms with Crippen LogP contribution in [0.15, 0.2) is 59.7 Å². The van der Waals surface area contributed by atoms with Gasteiger partial charge in [0.25, 0.3) is 0 Å². The van der Waals surface area contributed by atoms with Crippen LogP contribution in [0.1, 0.15) is 37.2 Å². The summed E-state index contributed by atoms with van der Waals surface area (Å²) < 4.78 is 11.2. The third-order valence-corrected chi connectivity index (χ3v) is 5.99. The van der Waals surface area contributed by atoms with E-state index in [1.807, 2.05) is 42.5 Å². The van der Waals surface area contributed by atoms with Crippen molar-refractivity contribution in [2.24, 2.45) is 5.10 Å². The lowest BCUT2D eigenvalue weighted by Gasteiger charge is -2.38. The van der Waals surface area contributed by atoms with Gasteiger partial charge in [0.15, 0.2) is 0 Å². The molecular weight excluding hydrogens is 376 g/mol. The second-order valence-corrected chi connectivity index (χ2v) is 7.82. The lowest BCUT2D eigenvalue weighted by molar-refractivity contribution is 0.00730. The molecule has 0 spiro atoms. The molecule has 2 aliphatic rings. The fraction of sp³-hybridized carbons (Fsp3) is 0.417. The summed E-state index contributed by atoms with van der Waals surface area (Å²) in [5.74, 6) is 1.26. The van der Waals surface area contributed by atoms with Gasteiger partial charge in [-0.1, -0.05) is 30.3 Å². The number of amidine groups is 1. The van der Waals surface area contributed by atoms with Crippen molar-refractivity contribution in [1.82, 2.24) is 4.90 Å². The van der Waals surface area contributed by atoms with Crippen LogP contribution in [0.2, 0.25) is 0 Å². The zero-order valence-corrected chi connectivity index (χ0v) is 17.2. The molecule has 156 valence electrons. The number of rotatable bonds is 4. The third kappa shape index (κ3) is 5.38. The molecule has 0 radical (unpaired) electrons. The maximum absolute atomic E-state index is 7.03. The fourth-order valence-electron chi connectivity index (χ4n) is 4.40. The van der Waals surface area contributed by atoms with E-state index in [0.29, 0.717) is 17.7 Å². The van der Waals surface area contributed by atoms with Crippen molar-refractivity contribution in [3.8, 4) is 5.75 Å². The van der Waals surface area contributed by atoms with Crippen molar-refractivity contribution in [3.63, 3.8) is 0 Å². The van der Waals surface area contributed by atoms with Gasteiger partial charge < -0.3 is 14.8 Å². The first-order valence-corrected chi connectivity index (χ1v) is 10.7. The smallest absolute Gasteiger partial charge is 0.378 e. The summed E-state index contributed by atoms with van der Waals surface area (Å²) >= 11 is 0. The van der Waals surface area contributed by atoms with E-state index in [1.54, 1.807) is 0 Å². The van der Waals surface area contributed by atoms with Crippen LogP contribution in [0.4, 0.5) is 5.69 Å². The van der Waals surface area contributed by atoms with Crippen LogP contribution in [0, 0.1) is 6.57 Å². The van der Waals surface area contributed by atoms with Crippen LogP contribution in [-0.2, 0) is 4.74 Å². The van der Waals surface area contributed by atoms with Gasteiger partial charge in [-0.25, -0.2) is 0 Å².